The third-order valence-electron chi connectivity index (χ3n) is 4.71. The Morgan fingerprint density at radius 3 is 2.73 bits per heavy atom. The zero-order chi connectivity index (χ0) is 21.3. The lowest BCUT2D eigenvalue weighted by Crippen LogP contribution is -2.04. The molecule has 0 fully saturated rings. The highest BCUT2D eigenvalue weighted by Gasteiger charge is 2.12. The lowest BCUT2D eigenvalue weighted by molar-refractivity contribution is 0.0696. The Hall–Kier alpha value is -3.87. The van der Waals surface area contributed by atoms with Crippen LogP contribution in [0.15, 0.2) is 60.7 Å². The van der Waals surface area contributed by atoms with Crippen molar-refractivity contribution < 1.29 is 23.8 Å². The smallest absolute Gasteiger partial charge is 0.335 e. The van der Waals surface area contributed by atoms with Gasteiger partial charge >= 0.3 is 5.97 Å². The highest BCUT2D eigenvalue weighted by Crippen LogP contribution is 2.28. The minimum atomic E-state index is -1.01. The minimum Gasteiger partial charge on any atom is -0.486 e. The average Bonchev–Trinajstić information content (AvgIpc) is 3.05. The lowest BCUT2D eigenvalue weighted by Gasteiger charge is -2.09. The van der Waals surface area contributed by atoms with Crippen LogP contribution in [-0.2, 0) is 13.7 Å². The van der Waals surface area contributed by atoms with E-state index >= 15 is 0 Å². The Kier molecular flexibility index (Phi) is 5.10. The summed E-state index contributed by atoms with van der Waals surface area (Å²) < 4.78 is 27.3. The van der Waals surface area contributed by atoms with Crippen molar-refractivity contribution in [2.45, 2.75) is 13.5 Å². The maximum atomic E-state index is 14.0. The fraction of sp³-hybridized carbons (Fsp3) is 0.130. The number of carboxylic acid groups (broad SMARTS) is 1. The fourth-order valence-electron chi connectivity index (χ4n) is 3.09. The van der Waals surface area contributed by atoms with Crippen molar-refractivity contribution in [2.24, 2.45) is 7.05 Å². The average molecular weight is 406 g/mol. The zero-order valence-corrected chi connectivity index (χ0v) is 16.4. The summed E-state index contributed by atoms with van der Waals surface area (Å²) in [6.07, 6.45) is 0. The van der Waals surface area contributed by atoms with E-state index in [4.69, 9.17) is 14.6 Å². The number of ether oxygens (including phenoxy) is 2. The van der Waals surface area contributed by atoms with E-state index in [2.05, 4.69) is 4.98 Å². The summed E-state index contributed by atoms with van der Waals surface area (Å²) >= 11 is 0. The van der Waals surface area contributed by atoms with Crippen LogP contribution in [0.5, 0.6) is 17.2 Å². The number of benzene rings is 3. The Labute approximate surface area is 172 Å². The molecule has 0 radical (unpaired) electrons. The number of hydrogen-bond donors (Lipinski definition) is 1. The molecular weight excluding hydrogens is 387 g/mol. The molecule has 6 nitrogen and oxygen atoms in total. The number of aromatic nitrogens is 2. The van der Waals surface area contributed by atoms with Gasteiger partial charge in [-0.3, -0.25) is 0 Å². The minimum absolute atomic E-state index is 0.155. The quantitative estimate of drug-likeness (QED) is 0.483. The van der Waals surface area contributed by atoms with E-state index in [-0.39, 0.29) is 17.9 Å². The molecule has 7 heteroatoms. The number of hydrogen-bond acceptors (Lipinski definition) is 4. The van der Waals surface area contributed by atoms with Crippen molar-refractivity contribution in [3.05, 3.63) is 83.4 Å². The molecule has 30 heavy (non-hydrogen) atoms. The molecule has 0 saturated heterocycles. The van der Waals surface area contributed by atoms with E-state index in [0.717, 1.165) is 16.6 Å². The maximum Gasteiger partial charge on any atom is 0.335 e. The number of aromatic carboxylic acids is 1. The molecule has 4 aromatic rings. The number of halogens is 1. The van der Waals surface area contributed by atoms with Crippen molar-refractivity contribution in [1.82, 2.24) is 9.55 Å². The number of nitrogens with zero attached hydrogens (tertiary/aromatic N) is 2. The number of rotatable bonds is 6. The highest BCUT2D eigenvalue weighted by molar-refractivity contribution is 5.88. The SMILES string of the molecule is Cc1ccc(F)c(Oc2ccc3nc(COc4cccc(C(=O)O)c4)n(C)c3c2)c1. The van der Waals surface area contributed by atoms with Gasteiger partial charge in [-0.1, -0.05) is 12.1 Å². The predicted molar refractivity (Wildman–Crippen MR) is 110 cm³/mol. The topological polar surface area (TPSA) is 73.6 Å². The van der Waals surface area contributed by atoms with Crippen LogP contribution in [0.1, 0.15) is 21.7 Å². The van der Waals surface area contributed by atoms with Crippen molar-refractivity contribution in [1.29, 1.82) is 0 Å². The molecule has 4 rings (SSSR count). The fourth-order valence-corrected chi connectivity index (χ4v) is 3.09. The second-order valence-electron chi connectivity index (χ2n) is 6.90. The largest absolute Gasteiger partial charge is 0.486 e. The first-order chi connectivity index (χ1) is 14.4. The molecule has 1 heterocycles. The van der Waals surface area contributed by atoms with Crippen molar-refractivity contribution in [3.8, 4) is 17.2 Å². The van der Waals surface area contributed by atoms with Crippen LogP contribution in [0.4, 0.5) is 4.39 Å². The molecule has 0 aliphatic carbocycles. The number of carbonyl (C=O) groups is 1. The van der Waals surface area contributed by atoms with Crippen LogP contribution in [-0.4, -0.2) is 20.6 Å². The van der Waals surface area contributed by atoms with Crippen LogP contribution in [0.2, 0.25) is 0 Å². The van der Waals surface area contributed by atoms with Crippen LogP contribution in [0.3, 0.4) is 0 Å². The highest BCUT2D eigenvalue weighted by atomic mass is 19.1. The maximum absolute atomic E-state index is 14.0. The van der Waals surface area contributed by atoms with Gasteiger partial charge in [-0.2, -0.15) is 0 Å². The van der Waals surface area contributed by atoms with E-state index in [9.17, 15) is 9.18 Å². The van der Waals surface area contributed by atoms with Crippen LogP contribution < -0.4 is 9.47 Å². The van der Waals surface area contributed by atoms with Gasteiger partial charge in [-0.15, -0.1) is 0 Å². The summed E-state index contributed by atoms with van der Waals surface area (Å²) in [5.41, 5.74) is 2.60. The van der Waals surface area contributed by atoms with Gasteiger partial charge in [0.05, 0.1) is 16.6 Å². The summed E-state index contributed by atoms with van der Waals surface area (Å²) in [7, 11) is 1.85. The first-order valence-corrected chi connectivity index (χ1v) is 9.26. The molecule has 152 valence electrons. The molecule has 0 aliphatic heterocycles. The standard InChI is InChI=1S/C23H19FN2O4/c1-14-6-8-18(24)21(10-14)30-17-7-9-19-20(12-17)26(2)22(25-19)13-29-16-5-3-4-15(11-16)23(27)28/h3-12H,13H2,1-2H3,(H,27,28). The molecule has 0 spiro atoms. The van der Waals surface area contributed by atoms with Gasteiger partial charge in [0.1, 0.15) is 23.9 Å². The third kappa shape index (κ3) is 3.96. The molecule has 0 atom stereocenters. The van der Waals surface area contributed by atoms with E-state index < -0.39 is 11.8 Å². The van der Waals surface area contributed by atoms with Crippen LogP contribution in [0.25, 0.3) is 11.0 Å². The van der Waals surface area contributed by atoms with Gasteiger partial charge in [-0.05, 0) is 55.0 Å². The van der Waals surface area contributed by atoms with Crippen molar-refractivity contribution in [3.63, 3.8) is 0 Å². The molecule has 1 aromatic heterocycles. The molecule has 0 saturated carbocycles. The molecule has 1 N–H and O–H groups in total. The Balaban J connectivity index is 1.56. The molecule has 0 bridgehead atoms. The van der Waals surface area contributed by atoms with Gasteiger partial charge in [0.25, 0.3) is 0 Å². The van der Waals surface area contributed by atoms with E-state index in [1.54, 1.807) is 42.5 Å². The second-order valence-corrected chi connectivity index (χ2v) is 6.90. The van der Waals surface area contributed by atoms with E-state index in [0.29, 0.717) is 17.3 Å². The molecule has 0 amide bonds. The number of imidazole rings is 1. The Bertz CT molecular complexity index is 1250. The van der Waals surface area contributed by atoms with Gasteiger partial charge in [0.2, 0.25) is 0 Å². The second kappa shape index (κ2) is 7.87. The van der Waals surface area contributed by atoms with Gasteiger partial charge < -0.3 is 19.1 Å². The summed E-state index contributed by atoms with van der Waals surface area (Å²) in [6.45, 7) is 2.03. The first kappa shape index (κ1) is 19.4. The van der Waals surface area contributed by atoms with Gasteiger partial charge in [0, 0.05) is 13.1 Å². The number of aryl methyl sites for hydroxylation is 2. The normalized spacial score (nSPS) is 10.9. The van der Waals surface area contributed by atoms with Crippen LogP contribution in [0, 0.1) is 12.7 Å². The Morgan fingerprint density at radius 1 is 1.10 bits per heavy atom. The Morgan fingerprint density at radius 2 is 1.93 bits per heavy atom. The van der Waals surface area contributed by atoms with E-state index in [1.165, 1.54) is 18.2 Å². The van der Waals surface area contributed by atoms with Gasteiger partial charge in [-0.25, -0.2) is 14.2 Å². The third-order valence-corrected chi connectivity index (χ3v) is 4.71. The van der Waals surface area contributed by atoms with Crippen molar-refractivity contribution >= 4 is 17.0 Å². The van der Waals surface area contributed by atoms with Gasteiger partial charge in [0.15, 0.2) is 11.6 Å². The lowest BCUT2D eigenvalue weighted by atomic mass is 10.2. The molecular formula is C23H19FN2O4. The molecule has 0 unspecified atom stereocenters. The number of carboxylic acids is 1. The zero-order valence-electron chi connectivity index (χ0n) is 16.4. The first-order valence-electron chi connectivity index (χ1n) is 9.26. The monoisotopic (exact) mass is 406 g/mol. The summed E-state index contributed by atoms with van der Waals surface area (Å²) in [5, 5.41) is 9.09. The number of fused-ring (bicyclic) bond motifs is 1. The predicted octanol–water partition coefficient (Wildman–Crippen LogP) is 5.09. The van der Waals surface area contributed by atoms with Crippen LogP contribution >= 0.6 is 0 Å². The van der Waals surface area contributed by atoms with Crippen molar-refractivity contribution in [2.75, 3.05) is 0 Å². The van der Waals surface area contributed by atoms with E-state index in [1.807, 2.05) is 18.5 Å². The summed E-state index contributed by atoms with van der Waals surface area (Å²) in [4.78, 5) is 15.7. The summed E-state index contributed by atoms with van der Waals surface area (Å²) in [5.74, 6) is 0.324. The molecule has 3 aromatic carbocycles. The summed E-state index contributed by atoms with van der Waals surface area (Å²) in [6, 6.07) is 16.3. The molecule has 0 aliphatic rings.